The summed E-state index contributed by atoms with van der Waals surface area (Å²) in [4.78, 5) is 0. The lowest BCUT2D eigenvalue weighted by Gasteiger charge is -2.00. The molecule has 0 heterocycles. The Kier molecular flexibility index (Phi) is 3.06. The fourth-order valence-corrected chi connectivity index (χ4v) is 1.57. The zero-order chi connectivity index (χ0) is 12.3. The predicted octanol–water partition coefficient (Wildman–Crippen LogP) is 4.14. The van der Waals surface area contributed by atoms with E-state index in [0.29, 0.717) is 5.56 Å². The van der Waals surface area contributed by atoms with Crippen LogP contribution in [0.25, 0.3) is 10.8 Å². The largest absolute Gasteiger partial charge is 0.399 e. The Labute approximate surface area is 97.1 Å². The average Bonchev–Trinajstić information content (AvgIpc) is 2.28. The first-order valence-electron chi connectivity index (χ1n) is 5.10. The Morgan fingerprint density at radius 2 is 1.65 bits per heavy atom. The van der Waals surface area contributed by atoms with Crippen molar-refractivity contribution in [3.8, 4) is 11.8 Å². The Morgan fingerprint density at radius 1 is 0.941 bits per heavy atom. The number of benzene rings is 2. The van der Waals surface area contributed by atoms with Gasteiger partial charge in [0.2, 0.25) is 0 Å². The lowest BCUT2D eigenvalue weighted by atomic mass is 10.1. The van der Waals surface area contributed by atoms with Gasteiger partial charge in [-0.15, -0.1) is 0 Å². The van der Waals surface area contributed by atoms with Gasteiger partial charge in [0, 0.05) is 5.56 Å². The molecule has 3 heteroatoms. The van der Waals surface area contributed by atoms with Gasteiger partial charge in [0.1, 0.15) is 6.42 Å². The van der Waals surface area contributed by atoms with Crippen LogP contribution >= 0.6 is 0 Å². The number of hydrogen-bond acceptors (Lipinski definition) is 0. The molecule has 0 aliphatic heterocycles. The molecule has 0 bridgehead atoms. The molecule has 0 atom stereocenters. The summed E-state index contributed by atoms with van der Waals surface area (Å²) in [5, 5.41) is 1.86. The third-order valence-electron chi connectivity index (χ3n) is 2.30. The molecule has 0 aliphatic carbocycles. The third-order valence-corrected chi connectivity index (χ3v) is 2.30. The van der Waals surface area contributed by atoms with Gasteiger partial charge in [-0.25, -0.2) is 0 Å². The fraction of sp³-hybridized carbons (Fsp3) is 0.143. The van der Waals surface area contributed by atoms with E-state index in [0.717, 1.165) is 10.8 Å². The van der Waals surface area contributed by atoms with E-state index in [2.05, 4.69) is 11.8 Å². The van der Waals surface area contributed by atoms with Crippen LogP contribution in [0, 0.1) is 11.8 Å². The maximum Gasteiger partial charge on any atom is 0.399 e. The van der Waals surface area contributed by atoms with Crippen LogP contribution in [0.3, 0.4) is 0 Å². The lowest BCUT2D eigenvalue weighted by molar-refractivity contribution is -0.123. The van der Waals surface area contributed by atoms with E-state index < -0.39 is 12.6 Å². The van der Waals surface area contributed by atoms with Crippen LogP contribution < -0.4 is 0 Å². The van der Waals surface area contributed by atoms with Crippen LogP contribution in [0.15, 0.2) is 42.5 Å². The van der Waals surface area contributed by atoms with Crippen LogP contribution in [-0.4, -0.2) is 6.18 Å². The number of fused-ring (bicyclic) bond motifs is 1. The molecule has 2 aromatic rings. The summed E-state index contributed by atoms with van der Waals surface area (Å²) in [5.41, 5.74) is 0.632. The topological polar surface area (TPSA) is 0 Å². The number of halogens is 3. The van der Waals surface area contributed by atoms with Crippen molar-refractivity contribution in [1.82, 2.24) is 0 Å². The zero-order valence-electron chi connectivity index (χ0n) is 8.88. The van der Waals surface area contributed by atoms with E-state index in [4.69, 9.17) is 0 Å². The summed E-state index contributed by atoms with van der Waals surface area (Å²) < 4.78 is 35.9. The average molecular weight is 234 g/mol. The standard InChI is InChI=1S/C14H9F3/c15-14(16,17)10-4-8-12-7-3-6-11-5-1-2-9-13(11)12/h1-3,5-7,9H,10H2. The van der Waals surface area contributed by atoms with Crippen molar-refractivity contribution in [2.45, 2.75) is 12.6 Å². The van der Waals surface area contributed by atoms with Crippen molar-refractivity contribution in [2.75, 3.05) is 0 Å². The summed E-state index contributed by atoms with van der Waals surface area (Å²) >= 11 is 0. The maximum absolute atomic E-state index is 12.0. The Hall–Kier alpha value is -1.95. The van der Waals surface area contributed by atoms with E-state index in [1.807, 2.05) is 30.3 Å². The van der Waals surface area contributed by atoms with E-state index in [-0.39, 0.29) is 0 Å². The summed E-state index contributed by atoms with van der Waals surface area (Å²) in [5.74, 6) is 4.73. The van der Waals surface area contributed by atoms with Crippen molar-refractivity contribution in [2.24, 2.45) is 0 Å². The van der Waals surface area contributed by atoms with Crippen molar-refractivity contribution in [1.29, 1.82) is 0 Å². The summed E-state index contributed by atoms with van der Waals surface area (Å²) in [6.07, 6.45) is -5.30. The van der Waals surface area contributed by atoms with Crippen LogP contribution in [0.5, 0.6) is 0 Å². The SMILES string of the molecule is FC(F)(F)CC#Cc1cccc2ccccc12. The normalized spacial score (nSPS) is 11.0. The highest BCUT2D eigenvalue weighted by Crippen LogP contribution is 2.20. The molecule has 0 fully saturated rings. The molecular formula is C14H9F3. The molecule has 0 saturated heterocycles. The van der Waals surface area contributed by atoms with Crippen molar-refractivity contribution >= 4 is 10.8 Å². The molecule has 0 radical (unpaired) electrons. The second-order valence-electron chi connectivity index (χ2n) is 3.62. The molecule has 0 saturated carbocycles. The number of hydrogen-bond donors (Lipinski definition) is 0. The molecule has 0 N–H and O–H groups in total. The highest BCUT2D eigenvalue weighted by atomic mass is 19.4. The quantitative estimate of drug-likeness (QED) is 0.601. The van der Waals surface area contributed by atoms with Gasteiger partial charge in [-0.2, -0.15) is 13.2 Å². The molecule has 0 unspecified atom stereocenters. The molecule has 0 aromatic heterocycles. The second-order valence-corrected chi connectivity index (χ2v) is 3.62. The first-order valence-corrected chi connectivity index (χ1v) is 5.10. The summed E-state index contributed by atoms with van der Waals surface area (Å²) in [7, 11) is 0. The first-order chi connectivity index (χ1) is 8.06. The minimum absolute atomic E-state index is 0.632. The molecule has 0 aliphatic rings. The maximum atomic E-state index is 12.0. The lowest BCUT2D eigenvalue weighted by Crippen LogP contribution is -2.04. The van der Waals surface area contributed by atoms with E-state index >= 15 is 0 Å². The summed E-state index contributed by atoms with van der Waals surface area (Å²) in [6.45, 7) is 0. The monoisotopic (exact) mass is 234 g/mol. The Balaban J connectivity index is 2.36. The van der Waals surface area contributed by atoms with Crippen molar-refractivity contribution in [3.05, 3.63) is 48.0 Å². The zero-order valence-corrected chi connectivity index (χ0v) is 8.88. The highest BCUT2D eigenvalue weighted by molar-refractivity contribution is 5.88. The van der Waals surface area contributed by atoms with Gasteiger partial charge in [-0.3, -0.25) is 0 Å². The second kappa shape index (κ2) is 4.50. The van der Waals surface area contributed by atoms with Gasteiger partial charge in [0.05, 0.1) is 0 Å². The van der Waals surface area contributed by atoms with Crippen molar-refractivity contribution in [3.63, 3.8) is 0 Å². The van der Waals surface area contributed by atoms with Gasteiger partial charge >= 0.3 is 6.18 Å². The first kappa shape index (κ1) is 11.5. The van der Waals surface area contributed by atoms with Gasteiger partial charge < -0.3 is 0 Å². The molecule has 86 valence electrons. The van der Waals surface area contributed by atoms with Gasteiger partial charge in [-0.05, 0) is 16.8 Å². The number of rotatable bonds is 0. The summed E-state index contributed by atoms with van der Waals surface area (Å²) in [6, 6.07) is 12.9. The van der Waals surface area contributed by atoms with Gasteiger partial charge in [0.15, 0.2) is 0 Å². The third kappa shape index (κ3) is 3.01. The van der Waals surface area contributed by atoms with Gasteiger partial charge in [0.25, 0.3) is 0 Å². The Bertz CT molecular complexity index is 580. The molecule has 2 aromatic carbocycles. The molecular weight excluding hydrogens is 225 g/mol. The molecule has 0 spiro atoms. The minimum atomic E-state index is -4.22. The van der Waals surface area contributed by atoms with Crippen LogP contribution in [0.2, 0.25) is 0 Å². The smallest absolute Gasteiger partial charge is 0.170 e. The minimum Gasteiger partial charge on any atom is -0.170 e. The molecule has 0 amide bonds. The van der Waals surface area contributed by atoms with Crippen molar-refractivity contribution < 1.29 is 13.2 Å². The van der Waals surface area contributed by atoms with E-state index in [1.165, 1.54) is 0 Å². The molecule has 2 rings (SSSR count). The highest BCUT2D eigenvalue weighted by Gasteiger charge is 2.25. The predicted molar refractivity (Wildman–Crippen MR) is 61.5 cm³/mol. The van der Waals surface area contributed by atoms with E-state index in [9.17, 15) is 13.2 Å². The number of alkyl halides is 3. The fourth-order valence-electron chi connectivity index (χ4n) is 1.57. The van der Waals surface area contributed by atoms with Crippen LogP contribution in [-0.2, 0) is 0 Å². The molecule has 0 nitrogen and oxygen atoms in total. The Morgan fingerprint density at radius 3 is 2.41 bits per heavy atom. The van der Waals surface area contributed by atoms with Crippen LogP contribution in [0.1, 0.15) is 12.0 Å². The molecule has 17 heavy (non-hydrogen) atoms. The van der Waals surface area contributed by atoms with Crippen LogP contribution in [0.4, 0.5) is 13.2 Å². The van der Waals surface area contributed by atoms with Gasteiger partial charge in [-0.1, -0.05) is 48.2 Å². The van der Waals surface area contributed by atoms with E-state index in [1.54, 1.807) is 12.1 Å².